The molecule has 0 spiro atoms. The van der Waals surface area contributed by atoms with Crippen molar-refractivity contribution >= 4 is 11.9 Å². The number of benzene rings is 1. The number of carboxylic acid groups (broad SMARTS) is 1. The smallest absolute Gasteiger partial charge is 0.334 e. The van der Waals surface area contributed by atoms with E-state index in [1.807, 2.05) is 41.2 Å². The first-order chi connectivity index (χ1) is 10.6. The Morgan fingerprint density at radius 1 is 1.18 bits per heavy atom. The van der Waals surface area contributed by atoms with Gasteiger partial charge in [-0.2, -0.15) is 0 Å². The molecule has 1 aromatic carbocycles. The lowest BCUT2D eigenvalue weighted by Gasteiger charge is -2.31. The number of carboxylic acids is 1. The predicted octanol–water partition coefficient (Wildman–Crippen LogP) is 1.40. The molecule has 0 saturated carbocycles. The zero-order chi connectivity index (χ0) is 15.5. The van der Waals surface area contributed by atoms with E-state index < -0.39 is 12.1 Å². The Balaban J connectivity index is 1.80. The fourth-order valence-corrected chi connectivity index (χ4v) is 2.47. The Morgan fingerprint density at radius 2 is 1.95 bits per heavy atom. The van der Waals surface area contributed by atoms with Crippen molar-refractivity contribution in [3.8, 4) is 5.69 Å². The van der Waals surface area contributed by atoms with E-state index in [9.17, 15) is 9.59 Å². The third-order valence-corrected chi connectivity index (χ3v) is 3.62. The monoisotopic (exact) mass is 300 g/mol. The van der Waals surface area contributed by atoms with Crippen LogP contribution in [0.15, 0.2) is 48.8 Å². The molecule has 1 atom stereocenters. The molecule has 2 aromatic rings. The van der Waals surface area contributed by atoms with Gasteiger partial charge in [0.1, 0.15) is 0 Å². The quantitative estimate of drug-likeness (QED) is 0.930. The second-order valence-electron chi connectivity index (χ2n) is 5.09. The number of ether oxygens (including phenoxy) is 1. The van der Waals surface area contributed by atoms with E-state index in [1.165, 1.54) is 4.90 Å². The van der Waals surface area contributed by atoms with Gasteiger partial charge in [0.15, 0.2) is 6.10 Å². The van der Waals surface area contributed by atoms with E-state index in [4.69, 9.17) is 9.84 Å². The van der Waals surface area contributed by atoms with Crippen molar-refractivity contribution in [1.29, 1.82) is 0 Å². The first-order valence-electron chi connectivity index (χ1n) is 7.02. The summed E-state index contributed by atoms with van der Waals surface area (Å²) < 4.78 is 7.05. The molecule has 0 aliphatic carbocycles. The van der Waals surface area contributed by atoms with Crippen molar-refractivity contribution in [2.45, 2.75) is 6.10 Å². The summed E-state index contributed by atoms with van der Waals surface area (Å²) in [5.41, 5.74) is 1.43. The summed E-state index contributed by atoms with van der Waals surface area (Å²) in [6.45, 7) is 0.707. The Labute approximate surface area is 127 Å². The van der Waals surface area contributed by atoms with Crippen molar-refractivity contribution in [2.75, 3.05) is 19.7 Å². The van der Waals surface area contributed by atoms with Gasteiger partial charge in [0.2, 0.25) is 0 Å². The number of morpholine rings is 1. The minimum atomic E-state index is -1.04. The fourth-order valence-electron chi connectivity index (χ4n) is 2.47. The predicted molar refractivity (Wildman–Crippen MR) is 79.0 cm³/mol. The van der Waals surface area contributed by atoms with Crippen LogP contribution in [0.4, 0.5) is 0 Å². The molecule has 0 radical (unpaired) electrons. The number of hydrogen-bond donors (Lipinski definition) is 1. The highest BCUT2D eigenvalue weighted by molar-refractivity contribution is 5.95. The van der Waals surface area contributed by atoms with Crippen LogP contribution in [0.3, 0.4) is 0 Å². The molecule has 1 aromatic heterocycles. The van der Waals surface area contributed by atoms with Gasteiger partial charge < -0.3 is 19.3 Å². The van der Waals surface area contributed by atoms with Crippen LogP contribution < -0.4 is 0 Å². The van der Waals surface area contributed by atoms with Crippen molar-refractivity contribution in [2.24, 2.45) is 0 Å². The van der Waals surface area contributed by atoms with Crippen molar-refractivity contribution in [3.63, 3.8) is 0 Å². The lowest BCUT2D eigenvalue weighted by molar-refractivity contribution is -0.154. The fraction of sp³-hybridized carbons (Fsp3) is 0.250. The van der Waals surface area contributed by atoms with Gasteiger partial charge in [0.05, 0.1) is 13.2 Å². The highest BCUT2D eigenvalue weighted by atomic mass is 16.5. The van der Waals surface area contributed by atoms with Crippen LogP contribution in [0.5, 0.6) is 0 Å². The maximum Gasteiger partial charge on any atom is 0.334 e. The van der Waals surface area contributed by atoms with E-state index in [1.54, 1.807) is 12.1 Å². The SMILES string of the molecule is O=C(O)C1CN(C(=O)c2cccc(-n3cccc3)c2)CCO1. The molecule has 1 aliphatic heterocycles. The topological polar surface area (TPSA) is 71.8 Å². The summed E-state index contributed by atoms with van der Waals surface area (Å²) in [5.74, 6) is -1.22. The van der Waals surface area contributed by atoms with Crippen LogP contribution in [0.1, 0.15) is 10.4 Å². The first-order valence-corrected chi connectivity index (χ1v) is 7.02. The largest absolute Gasteiger partial charge is 0.479 e. The number of amides is 1. The van der Waals surface area contributed by atoms with Gasteiger partial charge in [0, 0.05) is 30.2 Å². The van der Waals surface area contributed by atoms with Crippen LogP contribution >= 0.6 is 0 Å². The van der Waals surface area contributed by atoms with Gasteiger partial charge in [-0.3, -0.25) is 4.79 Å². The number of aliphatic carboxylic acids is 1. The number of nitrogens with zero attached hydrogens (tertiary/aromatic N) is 2. The van der Waals surface area contributed by atoms with Gasteiger partial charge in [-0.1, -0.05) is 6.07 Å². The molecule has 1 aliphatic rings. The van der Waals surface area contributed by atoms with Crippen LogP contribution in [0, 0.1) is 0 Å². The normalized spacial score (nSPS) is 18.2. The lowest BCUT2D eigenvalue weighted by atomic mass is 10.1. The van der Waals surface area contributed by atoms with Crippen LogP contribution in [0.25, 0.3) is 5.69 Å². The standard InChI is InChI=1S/C16H16N2O4/c19-15(18-8-9-22-14(11-18)16(20)21)12-4-3-5-13(10-12)17-6-1-2-7-17/h1-7,10,14H,8-9,11H2,(H,20,21). The molecule has 2 heterocycles. The Bertz CT molecular complexity index is 681. The summed E-state index contributed by atoms with van der Waals surface area (Å²) in [6.07, 6.45) is 2.85. The molecular weight excluding hydrogens is 284 g/mol. The number of rotatable bonds is 3. The molecule has 1 amide bonds. The van der Waals surface area contributed by atoms with E-state index in [0.717, 1.165) is 5.69 Å². The minimum Gasteiger partial charge on any atom is -0.479 e. The van der Waals surface area contributed by atoms with Gasteiger partial charge in [0.25, 0.3) is 5.91 Å². The van der Waals surface area contributed by atoms with Gasteiger partial charge in [-0.25, -0.2) is 4.79 Å². The average Bonchev–Trinajstić information content (AvgIpc) is 3.09. The highest BCUT2D eigenvalue weighted by Crippen LogP contribution is 2.15. The van der Waals surface area contributed by atoms with Crippen molar-refractivity contribution < 1.29 is 19.4 Å². The van der Waals surface area contributed by atoms with Crippen LogP contribution in [-0.2, 0) is 9.53 Å². The summed E-state index contributed by atoms with van der Waals surface area (Å²) in [6, 6.07) is 11.1. The van der Waals surface area contributed by atoms with E-state index >= 15 is 0 Å². The maximum atomic E-state index is 12.6. The highest BCUT2D eigenvalue weighted by Gasteiger charge is 2.29. The van der Waals surface area contributed by atoms with Crippen LogP contribution in [0.2, 0.25) is 0 Å². The molecule has 6 heteroatoms. The number of carbonyl (C=O) groups is 2. The van der Waals surface area contributed by atoms with Crippen LogP contribution in [-0.4, -0.2) is 52.3 Å². The zero-order valence-corrected chi connectivity index (χ0v) is 11.9. The molecule has 0 bridgehead atoms. The van der Waals surface area contributed by atoms with E-state index in [2.05, 4.69) is 0 Å². The van der Waals surface area contributed by atoms with Gasteiger partial charge in [-0.05, 0) is 30.3 Å². The molecule has 22 heavy (non-hydrogen) atoms. The molecule has 3 rings (SSSR count). The number of hydrogen-bond acceptors (Lipinski definition) is 3. The summed E-state index contributed by atoms with van der Waals surface area (Å²) in [4.78, 5) is 25.1. The van der Waals surface area contributed by atoms with E-state index in [-0.39, 0.29) is 19.1 Å². The molecule has 1 saturated heterocycles. The summed E-state index contributed by atoms with van der Waals surface area (Å²) >= 11 is 0. The average molecular weight is 300 g/mol. The second kappa shape index (κ2) is 6.03. The Kier molecular flexibility index (Phi) is 3.93. The van der Waals surface area contributed by atoms with Gasteiger partial charge in [-0.15, -0.1) is 0 Å². The molecular formula is C16H16N2O4. The third kappa shape index (κ3) is 2.87. The molecule has 6 nitrogen and oxygen atoms in total. The first kappa shape index (κ1) is 14.3. The maximum absolute atomic E-state index is 12.6. The second-order valence-corrected chi connectivity index (χ2v) is 5.09. The Hall–Kier alpha value is -2.60. The van der Waals surface area contributed by atoms with E-state index in [0.29, 0.717) is 12.1 Å². The number of carbonyl (C=O) groups excluding carboxylic acids is 1. The molecule has 1 fully saturated rings. The molecule has 1 unspecified atom stereocenters. The Morgan fingerprint density at radius 3 is 2.68 bits per heavy atom. The van der Waals surface area contributed by atoms with Crippen molar-refractivity contribution in [3.05, 3.63) is 54.4 Å². The lowest BCUT2D eigenvalue weighted by Crippen LogP contribution is -2.48. The summed E-state index contributed by atoms with van der Waals surface area (Å²) in [7, 11) is 0. The third-order valence-electron chi connectivity index (χ3n) is 3.62. The summed E-state index contributed by atoms with van der Waals surface area (Å²) in [5, 5.41) is 9.01. The van der Waals surface area contributed by atoms with Gasteiger partial charge >= 0.3 is 5.97 Å². The minimum absolute atomic E-state index is 0.0713. The molecule has 1 N–H and O–H groups in total. The zero-order valence-electron chi connectivity index (χ0n) is 11.9. The number of aromatic nitrogens is 1. The van der Waals surface area contributed by atoms with Crippen molar-refractivity contribution in [1.82, 2.24) is 9.47 Å². The molecule has 114 valence electrons.